The summed E-state index contributed by atoms with van der Waals surface area (Å²) in [4.78, 5) is 0. The average molecular weight is 272 g/mol. The van der Waals surface area contributed by atoms with Crippen LogP contribution in [0, 0.1) is 0 Å². The van der Waals surface area contributed by atoms with Gasteiger partial charge in [-0.05, 0) is 50.4 Å². The van der Waals surface area contributed by atoms with Gasteiger partial charge in [-0.1, -0.05) is 12.1 Å². The van der Waals surface area contributed by atoms with E-state index in [1.807, 2.05) is 7.05 Å². The van der Waals surface area contributed by atoms with Crippen LogP contribution in [0.4, 0.5) is 0 Å². The van der Waals surface area contributed by atoms with E-state index in [0.29, 0.717) is 6.10 Å². The van der Waals surface area contributed by atoms with Crippen LogP contribution < -0.4 is 5.32 Å². The van der Waals surface area contributed by atoms with Gasteiger partial charge in [0.1, 0.15) is 0 Å². The molecule has 2 aromatic rings. The number of hydrogen-bond acceptors (Lipinski definition) is 2. The highest BCUT2D eigenvalue weighted by Gasteiger charge is 2.14. The largest absolute Gasteiger partial charge is 0.378 e. The van der Waals surface area contributed by atoms with E-state index in [4.69, 9.17) is 4.74 Å². The first-order chi connectivity index (χ1) is 9.88. The summed E-state index contributed by atoms with van der Waals surface area (Å²) in [6.07, 6.45) is 7.61. The summed E-state index contributed by atoms with van der Waals surface area (Å²) < 4.78 is 8.07. The molecule has 1 fully saturated rings. The van der Waals surface area contributed by atoms with Crippen LogP contribution in [0.15, 0.2) is 30.5 Å². The normalized spacial score (nSPS) is 18.9. The van der Waals surface area contributed by atoms with Gasteiger partial charge in [0, 0.05) is 36.8 Å². The molecule has 0 bridgehead atoms. The first-order valence-corrected chi connectivity index (χ1v) is 7.71. The maximum Gasteiger partial charge on any atom is 0.0576 e. The number of ether oxygens (including phenoxy) is 1. The highest BCUT2D eigenvalue weighted by molar-refractivity contribution is 5.83. The predicted octanol–water partition coefficient (Wildman–Crippen LogP) is 3.32. The molecule has 0 saturated carbocycles. The molecule has 20 heavy (non-hydrogen) atoms. The van der Waals surface area contributed by atoms with Gasteiger partial charge < -0.3 is 14.6 Å². The molecular weight excluding hydrogens is 248 g/mol. The van der Waals surface area contributed by atoms with Gasteiger partial charge in [0.2, 0.25) is 0 Å². The lowest BCUT2D eigenvalue weighted by Crippen LogP contribution is -2.07. The van der Waals surface area contributed by atoms with Crippen molar-refractivity contribution in [3.05, 3.63) is 36.0 Å². The monoisotopic (exact) mass is 272 g/mol. The molecule has 1 aromatic heterocycles. The van der Waals surface area contributed by atoms with Gasteiger partial charge in [-0.3, -0.25) is 0 Å². The Hall–Kier alpha value is -1.32. The molecule has 1 N–H and O–H groups in total. The predicted molar refractivity (Wildman–Crippen MR) is 82.9 cm³/mol. The van der Waals surface area contributed by atoms with Crippen LogP contribution in [0.3, 0.4) is 0 Å². The van der Waals surface area contributed by atoms with Gasteiger partial charge in [-0.25, -0.2) is 0 Å². The molecule has 1 aliphatic rings. The number of nitrogens with one attached hydrogen (secondary N) is 1. The number of aromatic nitrogens is 1. The SMILES string of the molecule is CNCc1cccc2c1ccn2CCCC1CCCO1. The van der Waals surface area contributed by atoms with Gasteiger partial charge in [-0.15, -0.1) is 0 Å². The van der Waals surface area contributed by atoms with Crippen molar-refractivity contribution in [1.82, 2.24) is 9.88 Å². The molecule has 3 rings (SSSR count). The molecule has 1 atom stereocenters. The van der Waals surface area contributed by atoms with E-state index >= 15 is 0 Å². The molecule has 0 aliphatic carbocycles. The molecule has 1 saturated heterocycles. The van der Waals surface area contributed by atoms with Gasteiger partial charge >= 0.3 is 0 Å². The second kappa shape index (κ2) is 6.42. The smallest absolute Gasteiger partial charge is 0.0576 e. The fraction of sp³-hybridized carbons (Fsp3) is 0.529. The van der Waals surface area contributed by atoms with Crippen molar-refractivity contribution < 1.29 is 4.74 Å². The average Bonchev–Trinajstić information content (AvgIpc) is 3.10. The third kappa shape index (κ3) is 2.89. The Kier molecular flexibility index (Phi) is 4.38. The molecule has 1 aromatic carbocycles. The summed E-state index contributed by atoms with van der Waals surface area (Å²) in [6, 6.07) is 8.83. The van der Waals surface area contributed by atoms with Crippen LogP contribution in [-0.2, 0) is 17.8 Å². The standard InChI is InChI=1S/C17H24N2O/c1-18-13-14-5-2-8-17-16(14)9-11-19(17)10-3-6-15-7-4-12-20-15/h2,5,8-9,11,15,18H,3-4,6-7,10,12-13H2,1H3. The van der Waals surface area contributed by atoms with Gasteiger partial charge in [0.25, 0.3) is 0 Å². The number of rotatable bonds is 6. The lowest BCUT2D eigenvalue weighted by Gasteiger charge is -2.10. The molecule has 2 heterocycles. The number of nitrogens with zero attached hydrogens (tertiary/aromatic N) is 1. The molecule has 0 spiro atoms. The first kappa shape index (κ1) is 13.7. The number of benzene rings is 1. The minimum Gasteiger partial charge on any atom is -0.378 e. The second-order valence-electron chi connectivity index (χ2n) is 5.67. The number of fused-ring (bicyclic) bond motifs is 1. The molecule has 0 radical (unpaired) electrons. The van der Waals surface area contributed by atoms with E-state index in [9.17, 15) is 0 Å². The minimum absolute atomic E-state index is 0.511. The van der Waals surface area contributed by atoms with Crippen LogP contribution in [0.2, 0.25) is 0 Å². The van der Waals surface area contributed by atoms with E-state index in [1.54, 1.807) is 0 Å². The van der Waals surface area contributed by atoms with Crippen molar-refractivity contribution in [2.24, 2.45) is 0 Å². The molecule has 1 aliphatic heterocycles. The van der Waals surface area contributed by atoms with Crippen LogP contribution in [0.1, 0.15) is 31.2 Å². The Morgan fingerprint density at radius 3 is 3.10 bits per heavy atom. The fourth-order valence-corrected chi connectivity index (χ4v) is 3.19. The van der Waals surface area contributed by atoms with E-state index in [1.165, 1.54) is 42.1 Å². The van der Waals surface area contributed by atoms with E-state index < -0.39 is 0 Å². The van der Waals surface area contributed by atoms with E-state index in [2.05, 4.69) is 40.3 Å². The summed E-state index contributed by atoms with van der Waals surface area (Å²) >= 11 is 0. The zero-order valence-corrected chi connectivity index (χ0v) is 12.3. The summed E-state index contributed by atoms with van der Waals surface area (Å²) in [5, 5.41) is 4.61. The summed E-state index contributed by atoms with van der Waals surface area (Å²) in [5.41, 5.74) is 2.73. The third-order valence-corrected chi connectivity index (χ3v) is 4.22. The zero-order chi connectivity index (χ0) is 13.8. The van der Waals surface area contributed by atoms with Crippen molar-refractivity contribution >= 4 is 10.9 Å². The maximum absolute atomic E-state index is 5.69. The molecule has 3 nitrogen and oxygen atoms in total. The maximum atomic E-state index is 5.69. The Balaban J connectivity index is 1.67. The molecule has 0 amide bonds. The Morgan fingerprint density at radius 2 is 2.30 bits per heavy atom. The molecular formula is C17H24N2O. The van der Waals surface area contributed by atoms with Crippen molar-refractivity contribution in [1.29, 1.82) is 0 Å². The van der Waals surface area contributed by atoms with Crippen LogP contribution >= 0.6 is 0 Å². The molecule has 3 heteroatoms. The van der Waals surface area contributed by atoms with Crippen LogP contribution in [-0.4, -0.2) is 24.3 Å². The van der Waals surface area contributed by atoms with Gasteiger partial charge in [0.05, 0.1) is 6.10 Å². The van der Waals surface area contributed by atoms with Crippen LogP contribution in [0.5, 0.6) is 0 Å². The third-order valence-electron chi connectivity index (χ3n) is 4.22. The second-order valence-corrected chi connectivity index (χ2v) is 5.67. The number of aryl methyl sites for hydroxylation is 1. The number of hydrogen-bond donors (Lipinski definition) is 1. The Labute approximate surface area is 120 Å². The first-order valence-electron chi connectivity index (χ1n) is 7.71. The molecule has 108 valence electrons. The summed E-state index contributed by atoms with van der Waals surface area (Å²) in [7, 11) is 2.00. The van der Waals surface area contributed by atoms with Crippen molar-refractivity contribution in [2.45, 2.75) is 44.9 Å². The topological polar surface area (TPSA) is 26.2 Å². The van der Waals surface area contributed by atoms with Crippen molar-refractivity contribution in [2.75, 3.05) is 13.7 Å². The van der Waals surface area contributed by atoms with Crippen LogP contribution in [0.25, 0.3) is 10.9 Å². The highest BCUT2D eigenvalue weighted by Crippen LogP contribution is 2.22. The Bertz CT molecular complexity index is 555. The highest BCUT2D eigenvalue weighted by atomic mass is 16.5. The van der Waals surface area contributed by atoms with Gasteiger partial charge in [0.15, 0.2) is 0 Å². The van der Waals surface area contributed by atoms with E-state index in [0.717, 1.165) is 19.7 Å². The zero-order valence-electron chi connectivity index (χ0n) is 12.3. The Morgan fingerprint density at radius 1 is 1.35 bits per heavy atom. The molecule has 1 unspecified atom stereocenters. The van der Waals surface area contributed by atoms with Crippen molar-refractivity contribution in [3.63, 3.8) is 0 Å². The van der Waals surface area contributed by atoms with E-state index in [-0.39, 0.29) is 0 Å². The minimum atomic E-state index is 0.511. The lowest BCUT2D eigenvalue weighted by atomic mass is 10.1. The van der Waals surface area contributed by atoms with Gasteiger partial charge in [-0.2, -0.15) is 0 Å². The summed E-state index contributed by atoms with van der Waals surface area (Å²) in [5.74, 6) is 0. The fourth-order valence-electron chi connectivity index (χ4n) is 3.19. The lowest BCUT2D eigenvalue weighted by molar-refractivity contribution is 0.101. The van der Waals surface area contributed by atoms with Crippen molar-refractivity contribution in [3.8, 4) is 0 Å². The quantitative estimate of drug-likeness (QED) is 0.873. The summed E-state index contributed by atoms with van der Waals surface area (Å²) in [6.45, 7) is 2.98.